The van der Waals surface area contributed by atoms with Crippen LogP contribution in [-0.2, 0) is 47.6 Å². The van der Waals surface area contributed by atoms with E-state index in [2.05, 4.69) is 11.6 Å². The number of ether oxygens (including phenoxy) is 6. The van der Waals surface area contributed by atoms with Gasteiger partial charge in [0.2, 0.25) is 11.7 Å². The third kappa shape index (κ3) is 7.85. The van der Waals surface area contributed by atoms with Crippen LogP contribution in [-0.4, -0.2) is 111 Å². The van der Waals surface area contributed by atoms with Gasteiger partial charge in [0.05, 0.1) is 40.2 Å². The van der Waals surface area contributed by atoms with Gasteiger partial charge in [-0.15, -0.1) is 0 Å². The summed E-state index contributed by atoms with van der Waals surface area (Å²) in [6, 6.07) is 17.7. The van der Waals surface area contributed by atoms with Crippen LogP contribution < -0.4 is 0 Å². The number of aromatic nitrogens is 1. The quantitative estimate of drug-likeness (QED) is 0.144. The van der Waals surface area contributed by atoms with Crippen molar-refractivity contribution in [1.82, 2.24) is 4.98 Å². The average Bonchev–Trinajstić information content (AvgIpc) is 4.02. The maximum absolute atomic E-state index is 15.2. The minimum absolute atomic E-state index is 0.0424. The second-order valence-corrected chi connectivity index (χ2v) is 15.9. The van der Waals surface area contributed by atoms with E-state index in [1.165, 1.54) is 93.8 Å². The van der Waals surface area contributed by atoms with Gasteiger partial charge in [-0.05, 0) is 43.3 Å². The SMILES string of the molecule is C=C1[C@H](OC(=O)c2ccccc2)[C@H]2[C@@H](OC(C)=O)[C@](C)(O)[C@H](O)[C@]2(OC(C)=O)C(=O)[C@@H](C)[C@@H]2O[C@H]2C(C)(C)C(=O)[C@H](OC(=O)c2cccnc2)[C@H]1OC(=O)c1ccccc1. The minimum atomic E-state index is -2.93. The monoisotopic (exact) mass is 827 g/mol. The van der Waals surface area contributed by atoms with Crippen LogP contribution in [0.2, 0.25) is 0 Å². The van der Waals surface area contributed by atoms with E-state index in [4.69, 9.17) is 28.4 Å². The Kier molecular flexibility index (Phi) is 12.0. The van der Waals surface area contributed by atoms with Crippen molar-refractivity contribution in [2.24, 2.45) is 17.3 Å². The van der Waals surface area contributed by atoms with Gasteiger partial charge >= 0.3 is 29.8 Å². The predicted octanol–water partition coefficient (Wildman–Crippen LogP) is 3.17. The second-order valence-electron chi connectivity index (χ2n) is 15.9. The second kappa shape index (κ2) is 16.5. The third-order valence-corrected chi connectivity index (χ3v) is 11.3. The Hall–Kier alpha value is -6.10. The summed E-state index contributed by atoms with van der Waals surface area (Å²) in [6.45, 7) is 11.4. The van der Waals surface area contributed by atoms with E-state index in [0.717, 1.165) is 20.8 Å². The van der Waals surface area contributed by atoms with E-state index in [0.29, 0.717) is 0 Å². The van der Waals surface area contributed by atoms with Gasteiger partial charge in [-0.1, -0.05) is 63.7 Å². The molecule has 3 aliphatic rings. The van der Waals surface area contributed by atoms with E-state index < -0.39 is 118 Å². The molecule has 2 saturated carbocycles. The van der Waals surface area contributed by atoms with Crippen LogP contribution in [0, 0.1) is 17.3 Å². The molecule has 1 aliphatic heterocycles. The number of epoxide rings is 1. The number of hydrogen-bond donors (Lipinski definition) is 2. The Morgan fingerprint density at radius 1 is 0.717 bits per heavy atom. The van der Waals surface area contributed by atoms with Crippen molar-refractivity contribution in [3.05, 3.63) is 114 Å². The van der Waals surface area contributed by atoms with Gasteiger partial charge in [-0.3, -0.25) is 24.2 Å². The van der Waals surface area contributed by atoms with E-state index in [-0.39, 0.29) is 16.7 Å². The summed E-state index contributed by atoms with van der Waals surface area (Å²) >= 11 is 0. The number of benzene rings is 2. The molecule has 0 bridgehead atoms. The number of carbonyl (C=O) groups is 7. The molecule has 0 amide bonds. The Bertz CT molecular complexity index is 2190. The average molecular weight is 828 g/mol. The van der Waals surface area contributed by atoms with Gasteiger partial charge in [-0.25, -0.2) is 14.4 Å². The molecule has 3 fully saturated rings. The van der Waals surface area contributed by atoms with Crippen molar-refractivity contribution < 1.29 is 72.2 Å². The Labute approximate surface area is 344 Å². The lowest BCUT2D eigenvalue weighted by Gasteiger charge is -2.43. The number of rotatable bonds is 8. The first-order valence-electron chi connectivity index (χ1n) is 19.1. The number of esters is 5. The van der Waals surface area contributed by atoms with Crippen LogP contribution in [0.1, 0.15) is 72.6 Å². The fourth-order valence-electron chi connectivity index (χ4n) is 8.23. The molecule has 2 aromatic carbocycles. The fourth-order valence-corrected chi connectivity index (χ4v) is 8.23. The van der Waals surface area contributed by atoms with E-state index in [1.54, 1.807) is 12.1 Å². The zero-order valence-corrected chi connectivity index (χ0v) is 33.6. The van der Waals surface area contributed by atoms with Gasteiger partial charge in [0.1, 0.15) is 23.9 Å². The highest BCUT2D eigenvalue weighted by Crippen LogP contribution is 2.55. The third-order valence-electron chi connectivity index (χ3n) is 11.3. The van der Waals surface area contributed by atoms with Crippen LogP contribution in [0.25, 0.3) is 0 Å². The van der Waals surface area contributed by atoms with Gasteiger partial charge in [0.25, 0.3) is 0 Å². The first-order valence-corrected chi connectivity index (χ1v) is 19.1. The van der Waals surface area contributed by atoms with Crippen LogP contribution >= 0.6 is 0 Å². The predicted molar refractivity (Wildman–Crippen MR) is 206 cm³/mol. The van der Waals surface area contributed by atoms with Crippen molar-refractivity contribution >= 4 is 41.4 Å². The molecule has 316 valence electrons. The zero-order chi connectivity index (χ0) is 43.9. The summed E-state index contributed by atoms with van der Waals surface area (Å²) in [6.07, 6.45) is -10.5. The van der Waals surface area contributed by atoms with Gasteiger partial charge in [0.15, 0.2) is 17.7 Å². The summed E-state index contributed by atoms with van der Waals surface area (Å²) in [4.78, 5) is 103. The lowest BCUT2D eigenvalue weighted by atomic mass is 9.70. The summed E-state index contributed by atoms with van der Waals surface area (Å²) in [7, 11) is 0. The maximum atomic E-state index is 15.2. The first-order chi connectivity index (χ1) is 28.2. The number of carbonyl (C=O) groups excluding carboxylic acids is 7. The largest absolute Gasteiger partial charge is 0.459 e. The highest BCUT2D eigenvalue weighted by atomic mass is 16.6. The van der Waals surface area contributed by atoms with Crippen molar-refractivity contribution in [1.29, 1.82) is 0 Å². The van der Waals surface area contributed by atoms with Crippen LogP contribution in [0.15, 0.2) is 97.3 Å². The Balaban J connectivity index is 1.67. The maximum Gasteiger partial charge on any atom is 0.340 e. The molecule has 16 nitrogen and oxygen atoms in total. The summed E-state index contributed by atoms with van der Waals surface area (Å²) < 4.78 is 35.7. The van der Waals surface area contributed by atoms with Crippen molar-refractivity contribution in [2.45, 2.75) is 95.5 Å². The van der Waals surface area contributed by atoms with E-state index in [9.17, 15) is 34.2 Å². The van der Waals surface area contributed by atoms with Gasteiger partial charge < -0.3 is 38.6 Å². The fraction of sp³-hybridized carbons (Fsp3) is 0.409. The number of aliphatic hydroxyl groups is 2. The molecule has 3 aromatic rings. The van der Waals surface area contributed by atoms with Crippen molar-refractivity contribution in [3.63, 3.8) is 0 Å². The molecule has 60 heavy (non-hydrogen) atoms. The molecule has 16 heteroatoms. The van der Waals surface area contributed by atoms with Gasteiger partial charge in [-0.2, -0.15) is 0 Å². The molecule has 2 heterocycles. The Morgan fingerprint density at radius 3 is 1.75 bits per heavy atom. The lowest BCUT2D eigenvalue weighted by Crippen LogP contribution is -2.63. The molecular weight excluding hydrogens is 782 g/mol. The van der Waals surface area contributed by atoms with E-state index >= 15 is 9.59 Å². The smallest absolute Gasteiger partial charge is 0.340 e. The number of ketones is 2. The highest BCUT2D eigenvalue weighted by Gasteiger charge is 2.77. The molecule has 1 aromatic heterocycles. The molecule has 6 rings (SSSR count). The van der Waals surface area contributed by atoms with Crippen molar-refractivity contribution in [2.75, 3.05) is 0 Å². The minimum Gasteiger partial charge on any atom is -0.459 e. The number of Topliss-reactive ketones (excluding diaryl/α,β-unsaturated/α-hetero) is 2. The highest BCUT2D eigenvalue weighted by molar-refractivity contribution is 5.98. The molecule has 11 atom stereocenters. The van der Waals surface area contributed by atoms with E-state index in [1.807, 2.05) is 0 Å². The lowest BCUT2D eigenvalue weighted by molar-refractivity contribution is -0.196. The number of fused-ring (bicyclic) bond motifs is 2. The molecular formula is C44H45NO15. The normalized spacial score (nSPS) is 32.1. The summed E-state index contributed by atoms with van der Waals surface area (Å²) in [5.41, 5.74) is -8.04. The number of aliphatic hydroxyl groups excluding tert-OH is 1. The molecule has 2 N–H and O–H groups in total. The van der Waals surface area contributed by atoms with Gasteiger partial charge in [0, 0.05) is 37.7 Å². The van der Waals surface area contributed by atoms with Crippen LogP contribution in [0.3, 0.4) is 0 Å². The van der Waals surface area contributed by atoms with Crippen molar-refractivity contribution in [3.8, 4) is 0 Å². The number of nitrogens with zero attached hydrogens (tertiary/aromatic N) is 1. The Morgan fingerprint density at radius 2 is 1.23 bits per heavy atom. The molecule has 2 aliphatic carbocycles. The van der Waals surface area contributed by atoms with Crippen LogP contribution in [0.5, 0.6) is 0 Å². The number of pyridine rings is 1. The molecule has 0 unspecified atom stereocenters. The van der Waals surface area contributed by atoms with Crippen LogP contribution in [0.4, 0.5) is 0 Å². The summed E-state index contributed by atoms with van der Waals surface area (Å²) in [5.74, 6) is -10.9. The first kappa shape index (κ1) is 43.5. The topological polar surface area (TPSA) is 232 Å². The molecule has 0 radical (unpaired) electrons. The number of hydrogen-bond acceptors (Lipinski definition) is 16. The molecule has 1 saturated heterocycles. The standard InChI is InChI=1S/C44H45NO15/c1-22-30(57-38(50)26-15-10-8-11-16-26)29-36(55-24(3)46)43(7,54)41(53)44(29,60-25(4)47)34(48)23(2)32-37(56-32)42(5,6)35(49)33(59-40(52)28-19-14-20-45-21-28)31(22)58-39(51)27-17-12-9-13-18-27/h8-21,23,29-33,36-37,41,53-54H,1H2,2-7H3/t23-,29-,30-,31-,32-,33+,36+,37+,41-,43-,44+/m0/s1. The molecule has 0 spiro atoms. The zero-order valence-electron chi connectivity index (χ0n) is 33.6. The summed E-state index contributed by atoms with van der Waals surface area (Å²) in [5, 5.41) is 24.4.